The molecule has 0 amide bonds. The minimum Gasteiger partial charge on any atom is -0.359 e. The van der Waals surface area contributed by atoms with Crippen LogP contribution < -0.4 is 0 Å². The Morgan fingerprint density at radius 3 is 2.42 bits per heavy atom. The van der Waals surface area contributed by atoms with Gasteiger partial charge < -0.3 is 4.74 Å². The lowest BCUT2D eigenvalue weighted by molar-refractivity contribution is -0.0451. The Labute approximate surface area is 78.4 Å². The largest absolute Gasteiger partial charge is 0.359 e. The molecule has 0 aromatic carbocycles. The van der Waals surface area contributed by atoms with Crippen LogP contribution in [-0.4, -0.2) is 11.7 Å². The molecule has 2 heteroatoms. The first-order valence-corrected chi connectivity index (χ1v) is 5.56. The Kier molecular flexibility index (Phi) is 1.52. The summed E-state index contributed by atoms with van der Waals surface area (Å²) in [6.07, 6.45) is 6.94. The van der Waals surface area contributed by atoms with E-state index in [-0.39, 0.29) is 5.60 Å². The zero-order chi connectivity index (χ0) is 8.18. The minimum absolute atomic E-state index is 0.245. The molecule has 0 N–H and O–H groups in total. The highest BCUT2D eigenvalue weighted by atomic mass is 35.5. The third kappa shape index (κ3) is 0.843. The molecule has 4 bridgehead atoms. The smallest absolute Gasteiger partial charge is 0.121 e. The standard InChI is InChI=1S/C10H15ClO/c11-6-12-10-4-7-1-8(5-10)3-9(10)2-7/h7-9H,1-6H2. The van der Waals surface area contributed by atoms with Gasteiger partial charge in [-0.1, -0.05) is 11.6 Å². The SMILES string of the molecule is ClCOC12CC3CC(CC1C3)C2. The molecule has 4 saturated carbocycles. The summed E-state index contributed by atoms with van der Waals surface area (Å²) in [6.45, 7) is 0. The minimum atomic E-state index is 0.245. The van der Waals surface area contributed by atoms with E-state index in [4.69, 9.17) is 16.3 Å². The molecular weight excluding hydrogens is 172 g/mol. The van der Waals surface area contributed by atoms with Crippen molar-refractivity contribution in [3.63, 3.8) is 0 Å². The Balaban J connectivity index is 1.88. The maximum absolute atomic E-state index is 5.78. The maximum atomic E-state index is 5.78. The topological polar surface area (TPSA) is 9.23 Å². The molecule has 4 rings (SSSR count). The van der Waals surface area contributed by atoms with Crippen LogP contribution in [0.3, 0.4) is 0 Å². The first-order valence-electron chi connectivity index (χ1n) is 5.02. The van der Waals surface area contributed by atoms with Gasteiger partial charge in [0.1, 0.15) is 6.07 Å². The summed E-state index contributed by atoms with van der Waals surface area (Å²) < 4.78 is 5.78. The molecule has 0 aromatic heterocycles. The summed E-state index contributed by atoms with van der Waals surface area (Å²) in [5, 5.41) is 0. The Morgan fingerprint density at radius 2 is 1.83 bits per heavy atom. The van der Waals surface area contributed by atoms with Gasteiger partial charge >= 0.3 is 0 Å². The van der Waals surface area contributed by atoms with Crippen LogP contribution in [0.1, 0.15) is 32.1 Å². The Hall–Kier alpha value is 0.250. The third-order valence-corrected chi connectivity index (χ3v) is 4.37. The Morgan fingerprint density at radius 1 is 1.17 bits per heavy atom. The molecule has 1 nitrogen and oxygen atoms in total. The predicted molar refractivity (Wildman–Crippen MR) is 48.1 cm³/mol. The molecule has 0 aromatic rings. The van der Waals surface area contributed by atoms with Gasteiger partial charge in [0, 0.05) is 0 Å². The van der Waals surface area contributed by atoms with E-state index in [1.165, 1.54) is 32.1 Å². The van der Waals surface area contributed by atoms with Crippen LogP contribution in [0.2, 0.25) is 0 Å². The lowest BCUT2D eigenvalue weighted by atomic mass is 9.81. The predicted octanol–water partition coefficient (Wildman–Crippen LogP) is 2.78. The van der Waals surface area contributed by atoms with Crippen LogP contribution in [0.25, 0.3) is 0 Å². The van der Waals surface area contributed by atoms with E-state index in [0.717, 1.165) is 17.8 Å². The molecule has 2 unspecified atom stereocenters. The van der Waals surface area contributed by atoms with E-state index >= 15 is 0 Å². The van der Waals surface area contributed by atoms with Crippen molar-refractivity contribution in [2.75, 3.05) is 6.07 Å². The molecule has 4 aliphatic carbocycles. The van der Waals surface area contributed by atoms with E-state index < -0.39 is 0 Å². The number of hydrogen-bond donors (Lipinski definition) is 0. The summed E-state index contributed by atoms with van der Waals surface area (Å²) in [5.74, 6) is 2.82. The summed E-state index contributed by atoms with van der Waals surface area (Å²) >= 11 is 5.68. The molecule has 0 saturated heterocycles. The summed E-state index contributed by atoms with van der Waals surface area (Å²) in [6, 6.07) is 0.399. The van der Waals surface area contributed by atoms with Crippen molar-refractivity contribution in [2.45, 2.75) is 37.7 Å². The highest BCUT2D eigenvalue weighted by Crippen LogP contribution is 2.61. The summed E-state index contributed by atoms with van der Waals surface area (Å²) in [7, 11) is 0. The van der Waals surface area contributed by atoms with E-state index in [2.05, 4.69) is 0 Å². The first kappa shape index (κ1) is 7.64. The first-order chi connectivity index (χ1) is 5.82. The zero-order valence-corrected chi connectivity index (χ0v) is 8.02. The van der Waals surface area contributed by atoms with Gasteiger partial charge in [-0.05, 0) is 49.9 Å². The number of alkyl halides is 1. The van der Waals surface area contributed by atoms with Gasteiger partial charge in [0.05, 0.1) is 5.60 Å². The molecule has 0 heterocycles. The molecule has 4 fully saturated rings. The highest BCUT2D eigenvalue weighted by Gasteiger charge is 2.58. The fourth-order valence-corrected chi connectivity index (χ4v) is 4.28. The average Bonchev–Trinajstić information content (AvgIpc) is 2.36. The quantitative estimate of drug-likeness (QED) is 0.603. The van der Waals surface area contributed by atoms with Gasteiger partial charge in [-0.15, -0.1) is 0 Å². The second kappa shape index (κ2) is 2.39. The van der Waals surface area contributed by atoms with Crippen LogP contribution in [0.15, 0.2) is 0 Å². The maximum Gasteiger partial charge on any atom is 0.121 e. The number of rotatable bonds is 2. The fourth-order valence-electron chi connectivity index (χ4n) is 4.07. The second-order valence-corrected chi connectivity index (χ2v) is 5.08. The molecule has 4 aliphatic rings. The van der Waals surface area contributed by atoms with Crippen LogP contribution in [0, 0.1) is 17.8 Å². The molecule has 2 atom stereocenters. The zero-order valence-electron chi connectivity index (χ0n) is 7.26. The van der Waals surface area contributed by atoms with Crippen molar-refractivity contribution in [3.8, 4) is 0 Å². The number of ether oxygens (including phenoxy) is 1. The monoisotopic (exact) mass is 186 g/mol. The summed E-state index contributed by atoms with van der Waals surface area (Å²) in [4.78, 5) is 0. The molecule has 68 valence electrons. The van der Waals surface area contributed by atoms with Crippen molar-refractivity contribution in [3.05, 3.63) is 0 Å². The van der Waals surface area contributed by atoms with Crippen molar-refractivity contribution < 1.29 is 4.74 Å². The number of hydrogen-bond acceptors (Lipinski definition) is 1. The van der Waals surface area contributed by atoms with E-state index in [9.17, 15) is 0 Å². The lowest BCUT2D eigenvalue weighted by Gasteiger charge is -2.31. The summed E-state index contributed by atoms with van der Waals surface area (Å²) in [5.41, 5.74) is 0.245. The lowest BCUT2D eigenvalue weighted by Crippen LogP contribution is -2.33. The van der Waals surface area contributed by atoms with Gasteiger partial charge in [0.25, 0.3) is 0 Å². The van der Waals surface area contributed by atoms with Crippen LogP contribution >= 0.6 is 11.6 Å². The van der Waals surface area contributed by atoms with Gasteiger partial charge in [0.2, 0.25) is 0 Å². The fraction of sp³-hybridized carbons (Fsp3) is 1.00. The van der Waals surface area contributed by atoms with Gasteiger partial charge in [0.15, 0.2) is 0 Å². The highest BCUT2D eigenvalue weighted by molar-refractivity contribution is 6.17. The molecule has 0 aliphatic heterocycles. The van der Waals surface area contributed by atoms with E-state index in [1.807, 2.05) is 0 Å². The second-order valence-electron chi connectivity index (χ2n) is 4.86. The molecular formula is C10H15ClO. The van der Waals surface area contributed by atoms with Gasteiger partial charge in [-0.2, -0.15) is 0 Å². The van der Waals surface area contributed by atoms with Crippen molar-refractivity contribution in [2.24, 2.45) is 17.8 Å². The van der Waals surface area contributed by atoms with E-state index in [0.29, 0.717) is 6.07 Å². The third-order valence-electron chi connectivity index (χ3n) is 4.26. The van der Waals surface area contributed by atoms with Crippen molar-refractivity contribution in [1.82, 2.24) is 0 Å². The van der Waals surface area contributed by atoms with Gasteiger partial charge in [-0.25, -0.2) is 0 Å². The van der Waals surface area contributed by atoms with E-state index in [1.54, 1.807) is 0 Å². The Bertz CT molecular complexity index is 190. The van der Waals surface area contributed by atoms with Crippen LogP contribution in [-0.2, 0) is 4.74 Å². The van der Waals surface area contributed by atoms with Crippen LogP contribution in [0.5, 0.6) is 0 Å². The van der Waals surface area contributed by atoms with Gasteiger partial charge in [-0.3, -0.25) is 0 Å². The average molecular weight is 187 g/mol. The normalized spacial score (nSPS) is 55.2. The number of halogens is 1. The molecule has 0 radical (unpaired) electrons. The molecule has 0 spiro atoms. The molecule has 12 heavy (non-hydrogen) atoms. The van der Waals surface area contributed by atoms with Crippen molar-refractivity contribution in [1.29, 1.82) is 0 Å². The van der Waals surface area contributed by atoms with Crippen molar-refractivity contribution >= 4 is 11.6 Å². The van der Waals surface area contributed by atoms with Crippen LogP contribution in [0.4, 0.5) is 0 Å².